The minimum Gasteiger partial charge on any atom is -0.355 e. The zero-order valence-corrected chi connectivity index (χ0v) is 20.2. The van der Waals surface area contributed by atoms with Crippen LogP contribution in [-0.4, -0.2) is 33.0 Å². The Morgan fingerprint density at radius 2 is 1.76 bits per heavy atom. The number of halogens is 1. The number of nitrogens with zero attached hydrogens (tertiary/aromatic N) is 3. The predicted octanol–water partition coefficient (Wildman–Crippen LogP) is 5.66. The van der Waals surface area contributed by atoms with Gasteiger partial charge in [0, 0.05) is 12.1 Å². The molecule has 0 radical (unpaired) electrons. The maximum Gasteiger partial charge on any atom is 0.230 e. The summed E-state index contributed by atoms with van der Waals surface area (Å²) in [5.74, 6) is 0.868. The molecule has 1 heterocycles. The summed E-state index contributed by atoms with van der Waals surface area (Å²) in [5.41, 5.74) is 5.19. The molecule has 0 unspecified atom stereocenters. The van der Waals surface area contributed by atoms with Crippen molar-refractivity contribution in [3.63, 3.8) is 0 Å². The van der Waals surface area contributed by atoms with Gasteiger partial charge in [-0.05, 0) is 55.2 Å². The highest BCUT2D eigenvalue weighted by Gasteiger charge is 2.20. The van der Waals surface area contributed by atoms with Crippen LogP contribution in [0.1, 0.15) is 16.7 Å². The smallest absolute Gasteiger partial charge is 0.230 e. The van der Waals surface area contributed by atoms with Crippen LogP contribution in [0.3, 0.4) is 0 Å². The molecule has 0 saturated heterocycles. The Labute approximate surface area is 203 Å². The molecule has 0 spiro atoms. The molecule has 0 atom stereocenters. The first-order chi connectivity index (χ1) is 16.0. The monoisotopic (exact) mass is 476 g/mol. The molecule has 0 aliphatic heterocycles. The Bertz CT molecular complexity index is 1260. The largest absolute Gasteiger partial charge is 0.355 e. The van der Waals surface area contributed by atoms with Crippen LogP contribution < -0.4 is 5.32 Å². The third-order valence-electron chi connectivity index (χ3n) is 5.26. The van der Waals surface area contributed by atoms with Gasteiger partial charge in [-0.2, -0.15) is 0 Å². The van der Waals surface area contributed by atoms with Crippen molar-refractivity contribution in [2.75, 3.05) is 12.3 Å². The van der Waals surface area contributed by atoms with Crippen LogP contribution in [-0.2, 0) is 11.2 Å². The van der Waals surface area contributed by atoms with Crippen molar-refractivity contribution < 1.29 is 4.79 Å². The van der Waals surface area contributed by atoms with Gasteiger partial charge < -0.3 is 5.32 Å². The summed E-state index contributed by atoms with van der Waals surface area (Å²) < 4.78 is 1.99. The van der Waals surface area contributed by atoms with E-state index in [1.165, 1.54) is 17.3 Å². The summed E-state index contributed by atoms with van der Waals surface area (Å²) in [4.78, 5) is 12.5. The Morgan fingerprint density at radius 1 is 1.00 bits per heavy atom. The van der Waals surface area contributed by atoms with Crippen molar-refractivity contribution in [1.29, 1.82) is 0 Å². The Balaban J connectivity index is 1.55. The molecular formula is C26H25ClN4OS. The maximum atomic E-state index is 12.5. The van der Waals surface area contributed by atoms with Crippen molar-refractivity contribution in [3.8, 4) is 17.1 Å². The Morgan fingerprint density at radius 3 is 2.55 bits per heavy atom. The number of aromatic nitrogens is 3. The third-order valence-corrected chi connectivity index (χ3v) is 6.52. The van der Waals surface area contributed by atoms with E-state index in [4.69, 9.17) is 11.6 Å². The lowest BCUT2D eigenvalue weighted by atomic mass is 10.1. The standard InChI is InChI=1S/C26H25ClN4OS/c1-18-12-13-19(2)23(16-18)31-25(21-10-6-7-11-22(21)27)29-30-26(31)33-17-24(32)28-15-14-20-8-4-3-5-9-20/h3-13,16H,14-15,17H2,1-2H3,(H,28,32). The van der Waals surface area contributed by atoms with Crippen LogP contribution in [0.5, 0.6) is 0 Å². The molecule has 33 heavy (non-hydrogen) atoms. The number of carbonyl (C=O) groups is 1. The van der Waals surface area contributed by atoms with E-state index in [0.717, 1.165) is 28.8 Å². The summed E-state index contributed by atoms with van der Waals surface area (Å²) in [6, 6.07) is 23.9. The summed E-state index contributed by atoms with van der Waals surface area (Å²) in [6.07, 6.45) is 0.798. The van der Waals surface area contributed by atoms with Gasteiger partial charge in [-0.25, -0.2) is 0 Å². The highest BCUT2D eigenvalue weighted by atomic mass is 35.5. The molecule has 0 saturated carbocycles. The average Bonchev–Trinajstić information content (AvgIpc) is 3.24. The molecule has 0 aliphatic carbocycles. The number of nitrogens with one attached hydrogen (secondary N) is 1. The zero-order chi connectivity index (χ0) is 23.2. The molecule has 0 fully saturated rings. The minimum absolute atomic E-state index is 0.0364. The highest BCUT2D eigenvalue weighted by molar-refractivity contribution is 7.99. The number of thioether (sulfide) groups is 1. The number of carbonyl (C=O) groups excluding carboxylic acids is 1. The maximum absolute atomic E-state index is 12.5. The SMILES string of the molecule is Cc1ccc(C)c(-n2c(SCC(=O)NCCc3ccccc3)nnc2-c2ccccc2Cl)c1. The number of rotatable bonds is 8. The van der Waals surface area contributed by atoms with Crippen molar-refractivity contribution in [2.24, 2.45) is 0 Å². The molecular weight excluding hydrogens is 452 g/mol. The molecule has 1 aromatic heterocycles. The van der Waals surface area contributed by atoms with Gasteiger partial charge in [0.15, 0.2) is 11.0 Å². The van der Waals surface area contributed by atoms with Crippen LogP contribution in [0.15, 0.2) is 78.0 Å². The van der Waals surface area contributed by atoms with Crippen molar-refractivity contribution in [3.05, 3.63) is 94.5 Å². The number of benzene rings is 3. The first-order valence-corrected chi connectivity index (χ1v) is 12.1. The van der Waals surface area contributed by atoms with Gasteiger partial charge in [-0.1, -0.05) is 78.0 Å². The van der Waals surface area contributed by atoms with E-state index in [9.17, 15) is 4.79 Å². The van der Waals surface area contributed by atoms with E-state index in [2.05, 4.69) is 59.7 Å². The molecule has 168 valence electrons. The molecule has 1 N–H and O–H groups in total. The topological polar surface area (TPSA) is 59.8 Å². The van der Waals surface area contributed by atoms with E-state index < -0.39 is 0 Å². The lowest BCUT2D eigenvalue weighted by Gasteiger charge is -2.14. The molecule has 7 heteroatoms. The number of hydrogen-bond acceptors (Lipinski definition) is 4. The first-order valence-electron chi connectivity index (χ1n) is 10.7. The lowest BCUT2D eigenvalue weighted by Crippen LogP contribution is -2.27. The molecule has 5 nitrogen and oxygen atoms in total. The van der Waals surface area contributed by atoms with Gasteiger partial charge in [-0.3, -0.25) is 9.36 Å². The summed E-state index contributed by atoms with van der Waals surface area (Å²) in [7, 11) is 0. The second kappa shape index (κ2) is 10.7. The van der Waals surface area contributed by atoms with Crippen LogP contribution in [0.4, 0.5) is 0 Å². The third kappa shape index (κ3) is 5.64. The normalized spacial score (nSPS) is 10.9. The van der Waals surface area contributed by atoms with E-state index in [1.807, 2.05) is 47.0 Å². The van der Waals surface area contributed by atoms with Gasteiger partial charge in [0.05, 0.1) is 16.5 Å². The van der Waals surface area contributed by atoms with Crippen LogP contribution in [0.25, 0.3) is 17.1 Å². The first kappa shape index (κ1) is 23.1. The fourth-order valence-corrected chi connectivity index (χ4v) is 4.52. The van der Waals surface area contributed by atoms with Gasteiger partial charge in [0.1, 0.15) is 0 Å². The van der Waals surface area contributed by atoms with E-state index in [0.29, 0.717) is 22.5 Å². The van der Waals surface area contributed by atoms with Gasteiger partial charge in [0.25, 0.3) is 0 Å². The predicted molar refractivity (Wildman–Crippen MR) is 135 cm³/mol. The van der Waals surface area contributed by atoms with Crippen molar-refractivity contribution in [1.82, 2.24) is 20.1 Å². The molecule has 4 rings (SSSR count). The average molecular weight is 477 g/mol. The van der Waals surface area contributed by atoms with Gasteiger partial charge >= 0.3 is 0 Å². The van der Waals surface area contributed by atoms with E-state index in [1.54, 1.807) is 0 Å². The lowest BCUT2D eigenvalue weighted by molar-refractivity contribution is -0.118. The molecule has 0 bridgehead atoms. The number of amides is 1. The molecule has 3 aromatic carbocycles. The highest BCUT2D eigenvalue weighted by Crippen LogP contribution is 2.33. The number of hydrogen-bond donors (Lipinski definition) is 1. The summed E-state index contributed by atoms with van der Waals surface area (Å²) in [6.45, 7) is 4.70. The van der Waals surface area contributed by atoms with Gasteiger partial charge in [0.2, 0.25) is 5.91 Å². The molecule has 1 amide bonds. The molecule has 4 aromatic rings. The summed E-state index contributed by atoms with van der Waals surface area (Å²) in [5, 5.41) is 13.1. The van der Waals surface area contributed by atoms with E-state index >= 15 is 0 Å². The van der Waals surface area contributed by atoms with Crippen molar-refractivity contribution >= 4 is 29.3 Å². The minimum atomic E-state index is -0.0364. The summed E-state index contributed by atoms with van der Waals surface area (Å²) >= 11 is 7.85. The van der Waals surface area contributed by atoms with Crippen LogP contribution in [0, 0.1) is 13.8 Å². The second-order valence-electron chi connectivity index (χ2n) is 7.79. The molecule has 0 aliphatic rings. The second-order valence-corrected chi connectivity index (χ2v) is 9.14. The van der Waals surface area contributed by atoms with Crippen molar-refractivity contribution in [2.45, 2.75) is 25.4 Å². The zero-order valence-electron chi connectivity index (χ0n) is 18.6. The van der Waals surface area contributed by atoms with E-state index in [-0.39, 0.29) is 11.7 Å². The van der Waals surface area contributed by atoms with Gasteiger partial charge in [-0.15, -0.1) is 10.2 Å². The Hall–Kier alpha value is -3.09. The number of aryl methyl sites for hydroxylation is 2. The fraction of sp³-hybridized carbons (Fsp3) is 0.192. The van der Waals surface area contributed by atoms with Crippen LogP contribution in [0.2, 0.25) is 5.02 Å². The fourth-order valence-electron chi connectivity index (χ4n) is 3.53. The Kier molecular flexibility index (Phi) is 7.47. The quantitative estimate of drug-likeness (QED) is 0.333. The van der Waals surface area contributed by atoms with Crippen LogP contribution >= 0.6 is 23.4 Å².